The smallest absolute Gasteiger partial charge is 0.307 e. The second-order valence-corrected chi connectivity index (χ2v) is 5.26. The Labute approximate surface area is 118 Å². The molecule has 2 aromatic heterocycles. The molecule has 0 aromatic carbocycles. The number of carboxylic acid groups (broad SMARTS) is 1. The predicted molar refractivity (Wildman–Crippen MR) is 74.8 cm³/mol. The Morgan fingerprint density at radius 3 is 2.60 bits per heavy atom. The fraction of sp³-hybridized carbons (Fsp3) is 0.500. The summed E-state index contributed by atoms with van der Waals surface area (Å²) < 4.78 is 3.72. The van der Waals surface area contributed by atoms with Gasteiger partial charge in [0.1, 0.15) is 0 Å². The van der Waals surface area contributed by atoms with Gasteiger partial charge in [0.25, 0.3) is 0 Å². The number of carboxylic acids is 1. The summed E-state index contributed by atoms with van der Waals surface area (Å²) in [6, 6.07) is 2.29. The molecule has 1 N–H and O–H groups in total. The maximum Gasteiger partial charge on any atom is 0.307 e. The van der Waals surface area contributed by atoms with Gasteiger partial charge in [-0.2, -0.15) is 10.2 Å². The molecule has 0 amide bonds. The summed E-state index contributed by atoms with van der Waals surface area (Å²) in [5, 5.41) is 17.8. The van der Waals surface area contributed by atoms with E-state index in [1.165, 1.54) is 0 Å². The molecule has 0 aliphatic carbocycles. The summed E-state index contributed by atoms with van der Waals surface area (Å²) in [5.74, 6) is -0.833. The van der Waals surface area contributed by atoms with Crippen molar-refractivity contribution in [2.75, 3.05) is 0 Å². The number of hydrogen-bond acceptors (Lipinski definition) is 3. The van der Waals surface area contributed by atoms with Crippen molar-refractivity contribution in [3.05, 3.63) is 34.9 Å². The Bertz CT molecular complexity index is 625. The van der Waals surface area contributed by atoms with Gasteiger partial charge in [-0.05, 0) is 33.8 Å². The van der Waals surface area contributed by atoms with E-state index in [1.54, 1.807) is 0 Å². The lowest BCUT2D eigenvalue weighted by atomic mass is 10.1. The van der Waals surface area contributed by atoms with E-state index in [0.717, 1.165) is 22.6 Å². The van der Waals surface area contributed by atoms with E-state index < -0.39 is 5.97 Å². The molecule has 0 bridgehead atoms. The summed E-state index contributed by atoms with van der Waals surface area (Å²) >= 11 is 0. The quantitative estimate of drug-likeness (QED) is 0.906. The van der Waals surface area contributed by atoms with Crippen molar-refractivity contribution in [2.45, 2.75) is 46.7 Å². The van der Waals surface area contributed by atoms with Crippen LogP contribution in [0.3, 0.4) is 0 Å². The van der Waals surface area contributed by atoms with Gasteiger partial charge >= 0.3 is 5.97 Å². The summed E-state index contributed by atoms with van der Waals surface area (Å²) in [7, 11) is 0. The third kappa shape index (κ3) is 2.89. The van der Waals surface area contributed by atoms with Crippen molar-refractivity contribution in [3.63, 3.8) is 0 Å². The van der Waals surface area contributed by atoms with Gasteiger partial charge in [-0.25, -0.2) is 0 Å². The first-order valence-corrected chi connectivity index (χ1v) is 6.67. The molecule has 20 heavy (non-hydrogen) atoms. The zero-order valence-corrected chi connectivity index (χ0v) is 12.3. The first-order valence-electron chi connectivity index (χ1n) is 6.67. The molecule has 0 saturated heterocycles. The average molecular weight is 276 g/mol. The standard InChI is InChI=1S/C14H20N4O2/c1-9(2)17-6-5-12(16-17)8-18-11(4)13(7-14(19)20)10(3)15-18/h5-6,9H,7-8H2,1-4H3,(H,19,20). The van der Waals surface area contributed by atoms with Crippen LogP contribution in [0.25, 0.3) is 0 Å². The van der Waals surface area contributed by atoms with E-state index in [4.69, 9.17) is 5.11 Å². The van der Waals surface area contributed by atoms with Gasteiger partial charge in [-0.1, -0.05) is 0 Å². The van der Waals surface area contributed by atoms with Crippen LogP contribution in [0.15, 0.2) is 12.3 Å². The molecular weight excluding hydrogens is 256 g/mol. The SMILES string of the molecule is Cc1nn(Cc2ccn(C(C)C)n2)c(C)c1CC(=O)O. The number of aliphatic carboxylic acids is 1. The highest BCUT2D eigenvalue weighted by Crippen LogP contribution is 2.15. The topological polar surface area (TPSA) is 72.9 Å². The Morgan fingerprint density at radius 1 is 1.35 bits per heavy atom. The van der Waals surface area contributed by atoms with E-state index in [9.17, 15) is 4.79 Å². The first-order chi connectivity index (χ1) is 9.38. The van der Waals surface area contributed by atoms with Gasteiger partial charge in [0.05, 0.1) is 24.4 Å². The minimum atomic E-state index is -0.833. The zero-order valence-electron chi connectivity index (χ0n) is 12.3. The van der Waals surface area contributed by atoms with Crippen LogP contribution >= 0.6 is 0 Å². The second kappa shape index (κ2) is 5.48. The van der Waals surface area contributed by atoms with Crippen LogP contribution in [0.1, 0.15) is 42.5 Å². The van der Waals surface area contributed by atoms with Crippen molar-refractivity contribution in [2.24, 2.45) is 0 Å². The van der Waals surface area contributed by atoms with Crippen LogP contribution in [-0.4, -0.2) is 30.6 Å². The van der Waals surface area contributed by atoms with Gasteiger partial charge in [-0.15, -0.1) is 0 Å². The van der Waals surface area contributed by atoms with Crippen LogP contribution < -0.4 is 0 Å². The fourth-order valence-electron chi connectivity index (χ4n) is 2.20. The third-order valence-corrected chi connectivity index (χ3v) is 3.36. The molecule has 0 aliphatic rings. The lowest BCUT2D eigenvalue weighted by Crippen LogP contribution is -2.08. The minimum absolute atomic E-state index is 0.0120. The molecule has 0 spiro atoms. The van der Waals surface area contributed by atoms with Gasteiger partial charge in [0.2, 0.25) is 0 Å². The van der Waals surface area contributed by atoms with Crippen LogP contribution in [0.4, 0.5) is 0 Å². The van der Waals surface area contributed by atoms with E-state index in [0.29, 0.717) is 12.6 Å². The van der Waals surface area contributed by atoms with Crippen molar-refractivity contribution >= 4 is 5.97 Å². The van der Waals surface area contributed by atoms with Crippen LogP contribution in [0, 0.1) is 13.8 Å². The average Bonchev–Trinajstić information content (AvgIpc) is 2.91. The Hall–Kier alpha value is -2.11. The lowest BCUT2D eigenvalue weighted by molar-refractivity contribution is -0.136. The minimum Gasteiger partial charge on any atom is -0.481 e. The number of hydrogen-bond donors (Lipinski definition) is 1. The summed E-state index contributed by atoms with van der Waals surface area (Å²) in [6.07, 6.45) is 1.96. The fourth-order valence-corrected chi connectivity index (χ4v) is 2.20. The molecule has 0 radical (unpaired) electrons. The number of nitrogens with zero attached hydrogens (tertiary/aromatic N) is 4. The van der Waals surface area contributed by atoms with E-state index in [-0.39, 0.29) is 6.42 Å². The summed E-state index contributed by atoms with van der Waals surface area (Å²) in [5.41, 5.74) is 3.38. The van der Waals surface area contributed by atoms with Gasteiger partial charge in [-0.3, -0.25) is 14.2 Å². The number of aryl methyl sites for hydroxylation is 1. The van der Waals surface area contributed by atoms with E-state index >= 15 is 0 Å². The lowest BCUT2D eigenvalue weighted by Gasteiger charge is -2.05. The maximum absolute atomic E-state index is 10.9. The molecule has 6 nitrogen and oxygen atoms in total. The van der Waals surface area contributed by atoms with Gasteiger partial charge in [0.15, 0.2) is 0 Å². The highest BCUT2D eigenvalue weighted by molar-refractivity contribution is 5.70. The molecule has 0 saturated carbocycles. The highest BCUT2D eigenvalue weighted by Gasteiger charge is 2.15. The normalized spacial score (nSPS) is 11.2. The molecule has 2 heterocycles. The molecule has 0 unspecified atom stereocenters. The van der Waals surface area contributed by atoms with E-state index in [1.807, 2.05) is 35.5 Å². The van der Waals surface area contributed by atoms with Crippen molar-refractivity contribution in [1.82, 2.24) is 19.6 Å². The number of rotatable bonds is 5. The van der Waals surface area contributed by atoms with Gasteiger partial charge < -0.3 is 5.11 Å². The molecule has 6 heteroatoms. The zero-order chi connectivity index (χ0) is 14.9. The largest absolute Gasteiger partial charge is 0.481 e. The van der Waals surface area contributed by atoms with Crippen molar-refractivity contribution < 1.29 is 9.90 Å². The van der Waals surface area contributed by atoms with Crippen LogP contribution in [0.5, 0.6) is 0 Å². The predicted octanol–water partition coefficient (Wildman–Crippen LogP) is 1.95. The summed E-state index contributed by atoms with van der Waals surface area (Å²) in [4.78, 5) is 10.9. The van der Waals surface area contributed by atoms with Crippen LogP contribution in [0.2, 0.25) is 0 Å². The number of aromatic nitrogens is 4. The monoisotopic (exact) mass is 276 g/mol. The third-order valence-electron chi connectivity index (χ3n) is 3.36. The maximum atomic E-state index is 10.9. The Morgan fingerprint density at radius 2 is 2.05 bits per heavy atom. The molecule has 0 atom stereocenters. The summed E-state index contributed by atoms with van der Waals surface area (Å²) in [6.45, 7) is 8.45. The molecule has 0 aliphatic heterocycles. The Balaban J connectivity index is 2.23. The van der Waals surface area contributed by atoms with Crippen LogP contribution in [-0.2, 0) is 17.8 Å². The van der Waals surface area contributed by atoms with Crippen molar-refractivity contribution in [1.29, 1.82) is 0 Å². The second-order valence-electron chi connectivity index (χ2n) is 5.26. The van der Waals surface area contributed by atoms with Crippen molar-refractivity contribution in [3.8, 4) is 0 Å². The first kappa shape index (κ1) is 14.3. The number of carbonyl (C=O) groups is 1. The van der Waals surface area contributed by atoms with Gasteiger partial charge in [0, 0.05) is 23.5 Å². The molecular formula is C14H20N4O2. The molecule has 0 fully saturated rings. The van der Waals surface area contributed by atoms with E-state index in [2.05, 4.69) is 24.0 Å². The highest BCUT2D eigenvalue weighted by atomic mass is 16.4. The molecule has 2 aromatic rings. The molecule has 2 rings (SSSR count). The molecule has 108 valence electrons. The Kier molecular flexibility index (Phi) is 3.92.